The minimum absolute atomic E-state index is 0.106. The summed E-state index contributed by atoms with van der Waals surface area (Å²) in [7, 11) is 1.32. The lowest BCUT2D eigenvalue weighted by Crippen LogP contribution is -2.28. The van der Waals surface area contributed by atoms with E-state index in [-0.39, 0.29) is 12.5 Å². The van der Waals surface area contributed by atoms with Crippen molar-refractivity contribution in [1.82, 2.24) is 5.32 Å². The first-order valence-corrected chi connectivity index (χ1v) is 7.28. The van der Waals surface area contributed by atoms with Gasteiger partial charge in [0.05, 0.1) is 12.7 Å². The van der Waals surface area contributed by atoms with E-state index in [2.05, 4.69) is 10.1 Å². The van der Waals surface area contributed by atoms with E-state index in [1.807, 2.05) is 12.1 Å². The van der Waals surface area contributed by atoms with Crippen LogP contribution in [0.4, 0.5) is 0 Å². The summed E-state index contributed by atoms with van der Waals surface area (Å²) in [6.07, 6.45) is 0. The molecule has 0 atom stereocenters. The molecule has 1 amide bonds. The molecule has 0 saturated carbocycles. The van der Waals surface area contributed by atoms with Crippen molar-refractivity contribution in [2.24, 2.45) is 0 Å². The van der Waals surface area contributed by atoms with Crippen LogP contribution in [-0.2, 0) is 16.1 Å². The van der Waals surface area contributed by atoms with Crippen LogP contribution >= 0.6 is 11.6 Å². The molecule has 5 nitrogen and oxygen atoms in total. The van der Waals surface area contributed by atoms with Gasteiger partial charge < -0.3 is 14.8 Å². The number of amides is 1. The molecule has 0 aliphatic rings. The molecule has 1 N–H and O–H groups in total. The molecule has 0 bridgehead atoms. The fraction of sp³-hybridized carbons (Fsp3) is 0.176. The summed E-state index contributed by atoms with van der Waals surface area (Å²) in [4.78, 5) is 23.0. The standard InChI is InChI=1S/C17H16ClNO4/c1-22-17(21)13-4-8-15(9-5-13)23-11-16(20)19-10-12-2-6-14(18)7-3-12/h2-9H,10-11H2,1H3,(H,19,20). The third-order valence-electron chi connectivity index (χ3n) is 3.05. The maximum Gasteiger partial charge on any atom is 0.337 e. The third-order valence-corrected chi connectivity index (χ3v) is 3.30. The van der Waals surface area contributed by atoms with Crippen LogP contribution < -0.4 is 10.1 Å². The van der Waals surface area contributed by atoms with Gasteiger partial charge >= 0.3 is 5.97 Å². The smallest absolute Gasteiger partial charge is 0.337 e. The normalized spacial score (nSPS) is 10.0. The quantitative estimate of drug-likeness (QED) is 0.826. The summed E-state index contributed by atoms with van der Waals surface area (Å²) < 4.78 is 9.96. The topological polar surface area (TPSA) is 64.6 Å². The Morgan fingerprint density at radius 3 is 2.30 bits per heavy atom. The van der Waals surface area contributed by atoms with Crippen LogP contribution in [0.5, 0.6) is 5.75 Å². The van der Waals surface area contributed by atoms with Gasteiger partial charge in [0.1, 0.15) is 5.75 Å². The highest BCUT2D eigenvalue weighted by atomic mass is 35.5. The number of halogens is 1. The number of ether oxygens (including phenoxy) is 2. The summed E-state index contributed by atoms with van der Waals surface area (Å²) >= 11 is 5.80. The minimum atomic E-state index is -0.419. The monoisotopic (exact) mass is 333 g/mol. The van der Waals surface area contributed by atoms with E-state index in [0.29, 0.717) is 22.9 Å². The number of benzene rings is 2. The number of nitrogens with one attached hydrogen (secondary N) is 1. The summed E-state index contributed by atoms with van der Waals surface area (Å²) in [6.45, 7) is 0.297. The molecule has 2 rings (SSSR count). The number of esters is 1. The fourth-order valence-electron chi connectivity index (χ4n) is 1.81. The van der Waals surface area contributed by atoms with Crippen LogP contribution in [-0.4, -0.2) is 25.6 Å². The molecule has 2 aromatic rings. The maximum atomic E-state index is 11.7. The van der Waals surface area contributed by atoms with Gasteiger partial charge in [-0.1, -0.05) is 23.7 Å². The molecule has 2 aromatic carbocycles. The van der Waals surface area contributed by atoms with E-state index in [1.165, 1.54) is 7.11 Å². The Balaban J connectivity index is 1.77. The number of methoxy groups -OCH3 is 1. The van der Waals surface area contributed by atoms with Crippen molar-refractivity contribution in [3.05, 3.63) is 64.7 Å². The number of hydrogen-bond acceptors (Lipinski definition) is 4. The van der Waals surface area contributed by atoms with Gasteiger partial charge in [-0.25, -0.2) is 4.79 Å². The van der Waals surface area contributed by atoms with E-state index >= 15 is 0 Å². The molecule has 0 aliphatic carbocycles. The van der Waals surface area contributed by atoms with E-state index in [4.69, 9.17) is 16.3 Å². The van der Waals surface area contributed by atoms with Crippen molar-refractivity contribution < 1.29 is 19.1 Å². The fourth-order valence-corrected chi connectivity index (χ4v) is 1.93. The molecule has 23 heavy (non-hydrogen) atoms. The van der Waals surface area contributed by atoms with Crippen molar-refractivity contribution in [3.8, 4) is 5.75 Å². The second-order valence-corrected chi connectivity index (χ2v) is 5.14. The highest BCUT2D eigenvalue weighted by molar-refractivity contribution is 6.30. The van der Waals surface area contributed by atoms with E-state index in [9.17, 15) is 9.59 Å². The highest BCUT2D eigenvalue weighted by Gasteiger charge is 2.06. The molecule has 120 valence electrons. The van der Waals surface area contributed by atoms with Crippen LogP contribution in [0.2, 0.25) is 5.02 Å². The van der Waals surface area contributed by atoms with Crippen LogP contribution in [0.3, 0.4) is 0 Å². The Morgan fingerprint density at radius 1 is 1.04 bits per heavy atom. The van der Waals surface area contributed by atoms with Gasteiger partial charge in [0.15, 0.2) is 6.61 Å². The van der Waals surface area contributed by atoms with Crippen molar-refractivity contribution in [1.29, 1.82) is 0 Å². The first-order chi connectivity index (χ1) is 11.1. The second-order valence-electron chi connectivity index (χ2n) is 4.71. The number of carbonyl (C=O) groups is 2. The van der Waals surface area contributed by atoms with Gasteiger partial charge in [0.25, 0.3) is 5.91 Å². The summed E-state index contributed by atoms with van der Waals surface area (Å²) in [5.74, 6) is -0.159. The van der Waals surface area contributed by atoms with Crippen molar-refractivity contribution in [3.63, 3.8) is 0 Å². The second kappa shape index (κ2) is 8.19. The summed E-state index contributed by atoms with van der Waals surface area (Å²) in [6, 6.07) is 13.6. The van der Waals surface area contributed by atoms with Crippen LogP contribution in [0.1, 0.15) is 15.9 Å². The predicted molar refractivity (Wildman–Crippen MR) is 86.6 cm³/mol. The Morgan fingerprint density at radius 2 is 1.70 bits per heavy atom. The summed E-state index contributed by atoms with van der Waals surface area (Å²) in [5, 5.41) is 3.40. The zero-order valence-corrected chi connectivity index (χ0v) is 13.3. The highest BCUT2D eigenvalue weighted by Crippen LogP contribution is 2.13. The molecule has 0 unspecified atom stereocenters. The molecule has 0 fully saturated rings. The molecule has 0 aromatic heterocycles. The van der Waals surface area contributed by atoms with Crippen molar-refractivity contribution >= 4 is 23.5 Å². The van der Waals surface area contributed by atoms with Gasteiger partial charge in [-0.2, -0.15) is 0 Å². The van der Waals surface area contributed by atoms with E-state index in [0.717, 1.165) is 5.56 Å². The van der Waals surface area contributed by atoms with Crippen LogP contribution in [0.25, 0.3) is 0 Å². The number of carbonyl (C=O) groups excluding carboxylic acids is 2. The molecule has 0 saturated heterocycles. The molecule has 0 spiro atoms. The predicted octanol–water partition coefficient (Wildman–Crippen LogP) is 2.82. The molecule has 0 heterocycles. The van der Waals surface area contributed by atoms with Gasteiger partial charge in [-0.3, -0.25) is 4.79 Å². The zero-order valence-electron chi connectivity index (χ0n) is 12.5. The maximum absolute atomic E-state index is 11.7. The van der Waals surface area contributed by atoms with Gasteiger partial charge in [0.2, 0.25) is 0 Å². The van der Waals surface area contributed by atoms with Crippen molar-refractivity contribution in [2.75, 3.05) is 13.7 Å². The van der Waals surface area contributed by atoms with Gasteiger partial charge in [-0.15, -0.1) is 0 Å². The Labute approximate surface area is 139 Å². The molecule has 0 aliphatic heterocycles. The lowest BCUT2D eigenvalue weighted by Gasteiger charge is -2.08. The molecular weight excluding hydrogens is 318 g/mol. The molecule has 0 radical (unpaired) electrons. The first-order valence-electron chi connectivity index (χ1n) is 6.91. The average Bonchev–Trinajstić information content (AvgIpc) is 2.59. The largest absolute Gasteiger partial charge is 0.484 e. The van der Waals surface area contributed by atoms with Crippen LogP contribution in [0, 0.1) is 0 Å². The number of hydrogen-bond donors (Lipinski definition) is 1. The van der Waals surface area contributed by atoms with E-state index < -0.39 is 5.97 Å². The zero-order chi connectivity index (χ0) is 16.7. The number of rotatable bonds is 6. The Hall–Kier alpha value is -2.53. The average molecular weight is 334 g/mol. The lowest BCUT2D eigenvalue weighted by atomic mass is 10.2. The van der Waals surface area contributed by atoms with Crippen LogP contribution in [0.15, 0.2) is 48.5 Å². The van der Waals surface area contributed by atoms with E-state index in [1.54, 1.807) is 36.4 Å². The third kappa shape index (κ3) is 5.30. The minimum Gasteiger partial charge on any atom is -0.484 e. The van der Waals surface area contributed by atoms with Gasteiger partial charge in [-0.05, 0) is 42.0 Å². The first kappa shape index (κ1) is 16.8. The lowest BCUT2D eigenvalue weighted by molar-refractivity contribution is -0.123. The van der Waals surface area contributed by atoms with Gasteiger partial charge in [0, 0.05) is 11.6 Å². The Bertz CT molecular complexity index is 668. The Kier molecular flexibility index (Phi) is 6.00. The molecular formula is C17H16ClNO4. The van der Waals surface area contributed by atoms with Crippen molar-refractivity contribution in [2.45, 2.75) is 6.54 Å². The summed E-state index contributed by atoms with van der Waals surface area (Å²) in [5.41, 5.74) is 1.37. The molecule has 6 heteroatoms. The SMILES string of the molecule is COC(=O)c1ccc(OCC(=O)NCc2ccc(Cl)cc2)cc1.